The minimum Gasteiger partial charge on any atom is -0.457 e. The molecule has 4 aliphatic rings. The lowest BCUT2D eigenvalue weighted by Gasteiger charge is -2.45. The number of ether oxygens (including phenoxy) is 2. The second-order valence-electron chi connectivity index (χ2n) is 23.6. The van der Waals surface area contributed by atoms with Crippen LogP contribution in [0, 0.1) is 0 Å². The van der Waals surface area contributed by atoms with Crippen molar-refractivity contribution in [3.05, 3.63) is 324 Å². The van der Waals surface area contributed by atoms with Crippen molar-refractivity contribution < 1.29 is 9.47 Å². The number of benzene rings is 12. The summed E-state index contributed by atoms with van der Waals surface area (Å²) < 4.78 is 14.3. The lowest BCUT2D eigenvalue weighted by Crippen LogP contribution is -2.37. The summed E-state index contributed by atoms with van der Waals surface area (Å²) in [6, 6.07) is 102. The van der Waals surface area contributed by atoms with Gasteiger partial charge in [0, 0.05) is 67.2 Å². The van der Waals surface area contributed by atoms with Crippen LogP contribution in [0.2, 0.25) is 0 Å². The molecule has 0 aromatic heterocycles. The zero-order valence-electron chi connectivity index (χ0n) is 46.8. The van der Waals surface area contributed by atoms with Gasteiger partial charge in [-0.05, 0) is 164 Å². The fraction of sp³-hybridized carbons (Fsp3) is 0.0886. The van der Waals surface area contributed by atoms with Gasteiger partial charge in [0.2, 0.25) is 0 Å². The zero-order valence-corrected chi connectivity index (χ0v) is 46.8. The number of hydrogen-bond acceptors (Lipinski definition) is 4. The molecule has 1 spiro atoms. The minimum atomic E-state index is -0.908. The summed E-state index contributed by atoms with van der Waals surface area (Å²) in [4.78, 5) is 4.86. The van der Waals surface area contributed by atoms with E-state index in [4.69, 9.17) is 9.47 Å². The Hall–Kier alpha value is -10.2. The molecule has 2 aliphatic carbocycles. The van der Waals surface area contributed by atoms with Gasteiger partial charge in [0.15, 0.2) is 0 Å². The Bertz CT molecular complexity index is 4270. The van der Waals surface area contributed by atoms with Gasteiger partial charge in [0.25, 0.3) is 0 Å². The molecular formula is C79H58N2O2. The third-order valence-electron chi connectivity index (χ3n) is 18.4. The molecule has 4 heteroatoms. The van der Waals surface area contributed by atoms with E-state index in [-0.39, 0.29) is 10.8 Å². The van der Waals surface area contributed by atoms with Crippen molar-refractivity contribution >= 4 is 34.1 Å². The van der Waals surface area contributed by atoms with E-state index in [1.807, 2.05) is 0 Å². The van der Waals surface area contributed by atoms with Gasteiger partial charge in [-0.1, -0.05) is 210 Å². The van der Waals surface area contributed by atoms with Crippen molar-refractivity contribution in [2.75, 3.05) is 9.80 Å². The maximum absolute atomic E-state index is 7.33. The van der Waals surface area contributed by atoms with E-state index in [0.29, 0.717) is 0 Å². The molecule has 83 heavy (non-hydrogen) atoms. The molecule has 2 aliphatic heterocycles. The van der Waals surface area contributed by atoms with Crippen LogP contribution >= 0.6 is 0 Å². The Labute approximate surface area is 485 Å². The Morgan fingerprint density at radius 2 is 0.518 bits per heavy atom. The van der Waals surface area contributed by atoms with Gasteiger partial charge in [-0.3, -0.25) is 0 Å². The molecule has 0 unspecified atom stereocenters. The molecule has 12 aromatic carbocycles. The fourth-order valence-electron chi connectivity index (χ4n) is 14.3. The first-order chi connectivity index (χ1) is 40.6. The highest BCUT2D eigenvalue weighted by atomic mass is 16.5. The van der Waals surface area contributed by atoms with Gasteiger partial charge in [-0.15, -0.1) is 0 Å². The molecule has 2 heterocycles. The predicted molar refractivity (Wildman–Crippen MR) is 340 cm³/mol. The van der Waals surface area contributed by atoms with Crippen molar-refractivity contribution in [1.82, 2.24) is 0 Å². The molecule has 0 radical (unpaired) electrons. The first kappa shape index (κ1) is 48.7. The molecule has 4 nitrogen and oxygen atoms in total. The highest BCUT2D eigenvalue weighted by Gasteiger charge is 2.51. The van der Waals surface area contributed by atoms with E-state index < -0.39 is 5.41 Å². The van der Waals surface area contributed by atoms with Crippen molar-refractivity contribution in [2.45, 2.75) is 43.9 Å². The van der Waals surface area contributed by atoms with Crippen LogP contribution in [0.25, 0.3) is 44.5 Å². The van der Waals surface area contributed by atoms with Crippen LogP contribution in [0.4, 0.5) is 34.1 Å². The summed E-state index contributed by atoms with van der Waals surface area (Å²) in [5, 5.41) is 0. The highest BCUT2D eigenvalue weighted by Crippen LogP contribution is 2.63. The van der Waals surface area contributed by atoms with E-state index in [9.17, 15) is 0 Å². The monoisotopic (exact) mass is 1070 g/mol. The normalized spacial score (nSPS) is 14.5. The van der Waals surface area contributed by atoms with Gasteiger partial charge >= 0.3 is 0 Å². The van der Waals surface area contributed by atoms with Gasteiger partial charge in [0.1, 0.15) is 23.0 Å². The summed E-state index contributed by atoms with van der Waals surface area (Å²) >= 11 is 0. The average Bonchev–Trinajstić information content (AvgIpc) is 1.80. The third kappa shape index (κ3) is 7.38. The second kappa shape index (κ2) is 18.4. The van der Waals surface area contributed by atoms with Crippen molar-refractivity contribution in [3.63, 3.8) is 0 Å². The lowest BCUT2D eigenvalue weighted by atomic mass is 9.62. The lowest BCUT2D eigenvalue weighted by molar-refractivity contribution is 0.399. The number of rotatable bonds is 8. The largest absolute Gasteiger partial charge is 0.457 e. The van der Waals surface area contributed by atoms with E-state index in [0.717, 1.165) is 90.5 Å². The smallest absolute Gasteiger partial charge is 0.132 e. The van der Waals surface area contributed by atoms with Crippen molar-refractivity contribution in [3.8, 4) is 67.5 Å². The topological polar surface area (TPSA) is 24.9 Å². The van der Waals surface area contributed by atoms with E-state index in [2.05, 4.69) is 317 Å². The van der Waals surface area contributed by atoms with Gasteiger partial charge in [-0.2, -0.15) is 0 Å². The van der Waals surface area contributed by atoms with Crippen LogP contribution < -0.4 is 19.3 Å². The van der Waals surface area contributed by atoms with E-state index in [1.54, 1.807) is 0 Å². The standard InChI is InChI=1S/C79H58N2O2/c1-77(2)65-25-13-11-23-61(65)63-43-39-57(47-69(63)77)80(55-35-31-53(32-36-55)51-19-7-5-8-20-51)59-41-45-75-71(49-59)79(67-27-15-17-29-73(67)82-74-30-18-16-28-68(74)79)72-50-60(42-46-76(72)83-75)81(56-37-33-54(34-38-56)52-21-9-6-10-22-52)58-40-44-64-62-24-12-14-26-66(62)78(3,4)70(64)48-58/h5-50H,1-4H3. The van der Waals surface area contributed by atoms with E-state index in [1.165, 1.54) is 55.6 Å². The third-order valence-corrected chi connectivity index (χ3v) is 18.4. The minimum absolute atomic E-state index is 0.200. The Balaban J connectivity index is 0.919. The molecule has 0 bridgehead atoms. The number of anilines is 6. The Morgan fingerprint density at radius 1 is 0.229 bits per heavy atom. The first-order valence-corrected chi connectivity index (χ1v) is 28.9. The molecule has 0 N–H and O–H groups in total. The van der Waals surface area contributed by atoms with Crippen LogP contribution in [0.1, 0.15) is 72.2 Å². The molecule has 0 saturated carbocycles. The molecule has 0 saturated heterocycles. The van der Waals surface area contributed by atoms with Crippen LogP contribution in [0.3, 0.4) is 0 Å². The second-order valence-corrected chi connectivity index (χ2v) is 23.6. The van der Waals surface area contributed by atoms with Gasteiger partial charge in [-0.25, -0.2) is 0 Å². The molecule has 0 amide bonds. The number of fused-ring (bicyclic) bond motifs is 14. The first-order valence-electron chi connectivity index (χ1n) is 28.9. The molecule has 16 rings (SSSR count). The Morgan fingerprint density at radius 3 is 0.928 bits per heavy atom. The maximum Gasteiger partial charge on any atom is 0.132 e. The number of hydrogen-bond donors (Lipinski definition) is 0. The molecule has 0 atom stereocenters. The van der Waals surface area contributed by atoms with Crippen molar-refractivity contribution in [1.29, 1.82) is 0 Å². The Kier molecular flexibility index (Phi) is 10.8. The molecule has 0 fully saturated rings. The summed E-state index contributed by atoms with van der Waals surface area (Å²) in [7, 11) is 0. The number of nitrogens with zero attached hydrogens (tertiary/aromatic N) is 2. The van der Waals surface area contributed by atoms with Gasteiger partial charge < -0.3 is 19.3 Å². The van der Waals surface area contributed by atoms with Crippen LogP contribution in [-0.4, -0.2) is 0 Å². The molecular weight excluding hydrogens is 1010 g/mol. The summed E-state index contributed by atoms with van der Waals surface area (Å²) in [6.45, 7) is 9.43. The fourth-order valence-corrected chi connectivity index (χ4v) is 14.3. The SMILES string of the molecule is CC1(C)c2ccccc2-c2ccc(N(c3ccc(-c4ccccc4)cc3)c3ccc4c(c3)C3(c5ccccc5Oc5ccccc53)c3cc(N(c5ccc(-c6ccccc6)cc5)c5ccc6c(c5)C(C)(C)c5ccccc5-6)ccc3O4)cc21. The summed E-state index contributed by atoms with van der Waals surface area (Å²) in [6.07, 6.45) is 0. The zero-order chi connectivity index (χ0) is 55.6. The van der Waals surface area contributed by atoms with Crippen LogP contribution in [0.5, 0.6) is 23.0 Å². The van der Waals surface area contributed by atoms with Crippen LogP contribution in [-0.2, 0) is 16.2 Å². The molecule has 396 valence electrons. The van der Waals surface area contributed by atoms with Crippen LogP contribution in [0.15, 0.2) is 279 Å². The summed E-state index contributed by atoms with van der Waals surface area (Å²) in [5.74, 6) is 3.20. The van der Waals surface area contributed by atoms with Crippen molar-refractivity contribution in [2.24, 2.45) is 0 Å². The summed E-state index contributed by atoms with van der Waals surface area (Å²) in [5.41, 5.74) is 24.3. The van der Waals surface area contributed by atoms with E-state index >= 15 is 0 Å². The highest BCUT2D eigenvalue weighted by molar-refractivity contribution is 5.90. The number of para-hydroxylation sites is 2. The average molecular weight is 1070 g/mol. The molecule has 12 aromatic rings. The maximum atomic E-state index is 7.33. The quantitative estimate of drug-likeness (QED) is 0.151. The van der Waals surface area contributed by atoms with Gasteiger partial charge in [0.05, 0.1) is 5.41 Å². The predicted octanol–water partition coefficient (Wildman–Crippen LogP) is 21.2.